The van der Waals surface area contributed by atoms with E-state index < -0.39 is 10.8 Å². The fourth-order valence-corrected chi connectivity index (χ4v) is 2.73. The smallest absolute Gasteiger partial charge is 0.0468 e. The molecule has 1 aliphatic heterocycles. The molecule has 0 amide bonds. The molecule has 0 spiro atoms. The molecule has 1 unspecified atom stereocenters. The van der Waals surface area contributed by atoms with Crippen LogP contribution in [0.1, 0.15) is 19.8 Å². The second-order valence-corrected chi connectivity index (χ2v) is 5.51. The van der Waals surface area contributed by atoms with Crippen LogP contribution in [0.3, 0.4) is 0 Å². The summed E-state index contributed by atoms with van der Waals surface area (Å²) in [5.74, 6) is 2.00. The Morgan fingerprint density at radius 2 is 2.15 bits per heavy atom. The minimum absolute atomic E-state index is 0.242. The lowest BCUT2D eigenvalue weighted by Crippen LogP contribution is -2.38. The Morgan fingerprint density at radius 3 is 2.69 bits per heavy atom. The molecule has 0 bridgehead atoms. The third kappa shape index (κ3) is 4.20. The molecule has 1 atom stereocenters. The summed E-state index contributed by atoms with van der Waals surface area (Å²) in [6.45, 7) is 3.13. The van der Waals surface area contributed by atoms with Gasteiger partial charge in [0.2, 0.25) is 0 Å². The number of aliphatic hydroxyl groups excluding tert-OH is 1. The molecule has 0 saturated carbocycles. The first-order chi connectivity index (χ1) is 6.22. The van der Waals surface area contributed by atoms with Gasteiger partial charge in [0, 0.05) is 41.5 Å². The van der Waals surface area contributed by atoms with Crippen molar-refractivity contribution in [2.75, 3.05) is 24.7 Å². The Kier molecular flexibility index (Phi) is 4.91. The molecule has 78 valence electrons. The lowest BCUT2D eigenvalue weighted by Gasteiger charge is -2.23. The van der Waals surface area contributed by atoms with Crippen molar-refractivity contribution in [2.24, 2.45) is 5.92 Å². The summed E-state index contributed by atoms with van der Waals surface area (Å²) < 4.78 is 11.0. The van der Waals surface area contributed by atoms with Crippen molar-refractivity contribution in [3.05, 3.63) is 0 Å². The highest BCUT2D eigenvalue weighted by Gasteiger charge is 2.17. The predicted molar refractivity (Wildman–Crippen MR) is 55.2 cm³/mol. The van der Waals surface area contributed by atoms with E-state index in [1.54, 1.807) is 0 Å². The van der Waals surface area contributed by atoms with Crippen LogP contribution >= 0.6 is 0 Å². The summed E-state index contributed by atoms with van der Waals surface area (Å²) in [5.41, 5.74) is 0. The van der Waals surface area contributed by atoms with Gasteiger partial charge >= 0.3 is 0 Å². The third-order valence-corrected chi connectivity index (χ3v) is 3.84. The zero-order chi connectivity index (χ0) is 9.68. The van der Waals surface area contributed by atoms with E-state index in [0.717, 1.165) is 30.9 Å². The topological polar surface area (TPSA) is 49.3 Å². The van der Waals surface area contributed by atoms with Crippen molar-refractivity contribution < 1.29 is 9.32 Å². The molecule has 1 saturated heterocycles. The Morgan fingerprint density at radius 1 is 1.54 bits per heavy atom. The normalized spacial score (nSPS) is 31.5. The molecule has 3 nitrogen and oxygen atoms in total. The Balaban J connectivity index is 2.12. The van der Waals surface area contributed by atoms with Gasteiger partial charge in [-0.3, -0.25) is 4.21 Å². The molecule has 0 aliphatic carbocycles. The fourth-order valence-electron chi connectivity index (χ4n) is 1.43. The molecular formula is C9H19NO2S. The summed E-state index contributed by atoms with van der Waals surface area (Å²) in [4.78, 5) is 0. The van der Waals surface area contributed by atoms with Crippen LogP contribution in [0.25, 0.3) is 0 Å². The number of aliphatic hydroxyl groups is 1. The van der Waals surface area contributed by atoms with Crippen LogP contribution < -0.4 is 5.32 Å². The SMILES string of the molecule is CC(CO)CNC1CCS(=O)CC1. The minimum atomic E-state index is -0.566. The van der Waals surface area contributed by atoms with Crippen molar-refractivity contribution in [3.8, 4) is 0 Å². The van der Waals surface area contributed by atoms with Gasteiger partial charge in [-0.25, -0.2) is 0 Å². The maximum atomic E-state index is 11.0. The average Bonchev–Trinajstić information content (AvgIpc) is 2.16. The van der Waals surface area contributed by atoms with Gasteiger partial charge in [-0.15, -0.1) is 0 Å². The number of hydrogen-bond donors (Lipinski definition) is 2. The number of nitrogens with one attached hydrogen (secondary N) is 1. The maximum Gasteiger partial charge on any atom is 0.0468 e. The zero-order valence-corrected chi connectivity index (χ0v) is 8.98. The Hall–Kier alpha value is 0.0700. The lowest BCUT2D eigenvalue weighted by atomic mass is 10.1. The lowest BCUT2D eigenvalue weighted by molar-refractivity contribution is 0.229. The summed E-state index contributed by atoms with van der Waals surface area (Å²) in [7, 11) is -0.566. The standard InChI is InChI=1S/C9H19NO2S/c1-8(7-11)6-10-9-2-4-13(12)5-3-9/h8-11H,2-7H2,1H3. The molecule has 0 aromatic heterocycles. The molecule has 0 aromatic carbocycles. The van der Waals surface area contributed by atoms with E-state index in [9.17, 15) is 4.21 Å². The predicted octanol–water partition coefficient (Wildman–Crippen LogP) is 0.115. The Bertz CT molecular complexity index is 165. The van der Waals surface area contributed by atoms with Crippen LogP contribution in [0.15, 0.2) is 0 Å². The van der Waals surface area contributed by atoms with Gasteiger partial charge in [-0.05, 0) is 18.8 Å². The first-order valence-corrected chi connectivity index (χ1v) is 6.40. The largest absolute Gasteiger partial charge is 0.396 e. The molecule has 1 aliphatic rings. The minimum Gasteiger partial charge on any atom is -0.396 e. The van der Waals surface area contributed by atoms with Gasteiger partial charge in [0.1, 0.15) is 0 Å². The molecule has 13 heavy (non-hydrogen) atoms. The summed E-state index contributed by atoms with van der Waals surface area (Å²) in [5, 5.41) is 12.2. The van der Waals surface area contributed by atoms with Crippen LogP contribution in [0, 0.1) is 5.92 Å². The highest BCUT2D eigenvalue weighted by Crippen LogP contribution is 2.09. The van der Waals surface area contributed by atoms with E-state index in [1.165, 1.54) is 0 Å². The highest BCUT2D eigenvalue weighted by atomic mass is 32.2. The molecular weight excluding hydrogens is 186 g/mol. The monoisotopic (exact) mass is 205 g/mol. The number of hydrogen-bond acceptors (Lipinski definition) is 3. The zero-order valence-electron chi connectivity index (χ0n) is 8.16. The van der Waals surface area contributed by atoms with Crippen LogP contribution in [0.5, 0.6) is 0 Å². The van der Waals surface area contributed by atoms with Crippen molar-refractivity contribution in [3.63, 3.8) is 0 Å². The second-order valence-electron chi connectivity index (χ2n) is 3.82. The van der Waals surface area contributed by atoms with Crippen molar-refractivity contribution in [2.45, 2.75) is 25.8 Å². The molecule has 2 N–H and O–H groups in total. The third-order valence-electron chi connectivity index (χ3n) is 2.45. The quantitative estimate of drug-likeness (QED) is 0.685. The van der Waals surface area contributed by atoms with Gasteiger partial charge in [0.25, 0.3) is 0 Å². The molecule has 1 rings (SSSR count). The van der Waals surface area contributed by atoms with E-state index in [0.29, 0.717) is 12.0 Å². The van der Waals surface area contributed by atoms with Gasteiger partial charge in [-0.1, -0.05) is 6.92 Å². The van der Waals surface area contributed by atoms with Crippen LogP contribution in [0.2, 0.25) is 0 Å². The van der Waals surface area contributed by atoms with Gasteiger partial charge in [-0.2, -0.15) is 0 Å². The van der Waals surface area contributed by atoms with Crippen LogP contribution in [-0.4, -0.2) is 40.0 Å². The average molecular weight is 205 g/mol. The van der Waals surface area contributed by atoms with Crippen molar-refractivity contribution in [1.82, 2.24) is 5.32 Å². The maximum absolute atomic E-state index is 11.0. The van der Waals surface area contributed by atoms with Gasteiger partial charge in [0.15, 0.2) is 0 Å². The van der Waals surface area contributed by atoms with E-state index in [-0.39, 0.29) is 6.61 Å². The summed E-state index contributed by atoms with van der Waals surface area (Å²) in [6.07, 6.45) is 2.04. The molecule has 1 fully saturated rings. The number of rotatable bonds is 4. The first kappa shape index (κ1) is 11.1. The van der Waals surface area contributed by atoms with Crippen molar-refractivity contribution in [1.29, 1.82) is 0 Å². The van der Waals surface area contributed by atoms with E-state index in [2.05, 4.69) is 5.32 Å². The summed E-state index contributed by atoms with van der Waals surface area (Å²) in [6, 6.07) is 0.520. The molecule has 4 heteroatoms. The van der Waals surface area contributed by atoms with E-state index in [4.69, 9.17) is 5.11 Å². The van der Waals surface area contributed by atoms with Crippen LogP contribution in [0.4, 0.5) is 0 Å². The van der Waals surface area contributed by atoms with E-state index >= 15 is 0 Å². The molecule has 0 radical (unpaired) electrons. The summed E-state index contributed by atoms with van der Waals surface area (Å²) >= 11 is 0. The van der Waals surface area contributed by atoms with E-state index in [1.807, 2.05) is 6.92 Å². The van der Waals surface area contributed by atoms with Crippen LogP contribution in [-0.2, 0) is 10.8 Å². The van der Waals surface area contributed by atoms with Gasteiger partial charge in [0.05, 0.1) is 0 Å². The molecule has 0 aromatic rings. The van der Waals surface area contributed by atoms with Gasteiger partial charge < -0.3 is 10.4 Å². The second kappa shape index (κ2) is 5.73. The molecule has 1 heterocycles. The fraction of sp³-hybridized carbons (Fsp3) is 1.00. The first-order valence-electron chi connectivity index (χ1n) is 4.91. The Labute approximate surface area is 82.4 Å². The highest BCUT2D eigenvalue weighted by molar-refractivity contribution is 7.85. The van der Waals surface area contributed by atoms with Crippen molar-refractivity contribution >= 4 is 10.8 Å².